The van der Waals surface area contributed by atoms with Crippen LogP contribution in [0.5, 0.6) is 0 Å². The Bertz CT molecular complexity index is 597. The monoisotopic (exact) mass is 356 g/mol. The summed E-state index contributed by atoms with van der Waals surface area (Å²) in [4.78, 5) is 0. The van der Waals surface area contributed by atoms with Crippen LogP contribution in [0.3, 0.4) is 0 Å². The molecule has 1 unspecified atom stereocenters. The summed E-state index contributed by atoms with van der Waals surface area (Å²) < 4.78 is 3.02. The van der Waals surface area contributed by atoms with Crippen LogP contribution in [0.2, 0.25) is 5.02 Å². The van der Waals surface area contributed by atoms with Gasteiger partial charge in [-0.1, -0.05) is 29.8 Å². The molecule has 0 saturated heterocycles. The Morgan fingerprint density at radius 1 is 1.45 bits per heavy atom. The SMILES string of the molecule is CCn1nc(C)c(Br)c1CC(NN)c1ccccc1Cl. The Morgan fingerprint density at radius 3 is 2.75 bits per heavy atom. The molecular formula is C14H18BrClN4. The second-order valence-corrected chi connectivity index (χ2v) is 5.81. The van der Waals surface area contributed by atoms with Gasteiger partial charge in [-0.25, -0.2) is 0 Å². The van der Waals surface area contributed by atoms with E-state index in [1.54, 1.807) is 0 Å². The van der Waals surface area contributed by atoms with Gasteiger partial charge in [0.15, 0.2) is 0 Å². The van der Waals surface area contributed by atoms with E-state index in [0.29, 0.717) is 5.02 Å². The van der Waals surface area contributed by atoms with Crippen molar-refractivity contribution >= 4 is 27.5 Å². The summed E-state index contributed by atoms with van der Waals surface area (Å²) in [6.45, 7) is 4.88. The van der Waals surface area contributed by atoms with Gasteiger partial charge in [-0.2, -0.15) is 5.10 Å². The van der Waals surface area contributed by atoms with Crippen molar-refractivity contribution in [2.75, 3.05) is 0 Å². The lowest BCUT2D eigenvalue weighted by Gasteiger charge is -2.18. The van der Waals surface area contributed by atoms with E-state index in [0.717, 1.165) is 34.4 Å². The number of benzene rings is 1. The molecule has 1 aromatic heterocycles. The highest BCUT2D eigenvalue weighted by Crippen LogP contribution is 2.29. The third-order valence-corrected chi connectivity index (χ3v) is 4.71. The molecule has 4 nitrogen and oxygen atoms in total. The molecule has 0 bridgehead atoms. The Balaban J connectivity index is 2.34. The average Bonchev–Trinajstić information content (AvgIpc) is 2.73. The molecule has 0 aliphatic rings. The van der Waals surface area contributed by atoms with E-state index in [1.165, 1.54) is 0 Å². The molecule has 0 saturated carbocycles. The summed E-state index contributed by atoms with van der Waals surface area (Å²) in [6.07, 6.45) is 0.718. The maximum Gasteiger partial charge on any atom is 0.0738 e. The standard InChI is InChI=1S/C14H18BrClN4/c1-3-20-13(14(15)9(2)19-20)8-12(18-17)10-6-4-5-7-11(10)16/h4-7,12,18H,3,8,17H2,1-2H3. The van der Waals surface area contributed by atoms with Crippen LogP contribution in [0.25, 0.3) is 0 Å². The van der Waals surface area contributed by atoms with E-state index in [-0.39, 0.29) is 6.04 Å². The van der Waals surface area contributed by atoms with Gasteiger partial charge in [-0.3, -0.25) is 16.0 Å². The minimum Gasteiger partial charge on any atom is -0.271 e. The van der Waals surface area contributed by atoms with Crippen molar-refractivity contribution in [3.63, 3.8) is 0 Å². The Kier molecular flexibility index (Phi) is 5.21. The minimum atomic E-state index is -0.0543. The Morgan fingerprint density at radius 2 is 2.15 bits per heavy atom. The number of nitrogens with zero attached hydrogens (tertiary/aromatic N) is 2. The second kappa shape index (κ2) is 6.72. The number of aromatic nitrogens is 2. The Hall–Kier alpha value is -0.880. The van der Waals surface area contributed by atoms with Crippen molar-refractivity contribution in [3.8, 4) is 0 Å². The minimum absolute atomic E-state index is 0.0543. The van der Waals surface area contributed by atoms with Crippen LogP contribution in [0.1, 0.15) is 29.9 Å². The number of nitrogens with one attached hydrogen (secondary N) is 1. The van der Waals surface area contributed by atoms with Crippen LogP contribution in [0.4, 0.5) is 0 Å². The molecule has 1 heterocycles. The first kappa shape index (κ1) is 15.5. The topological polar surface area (TPSA) is 55.9 Å². The van der Waals surface area contributed by atoms with Gasteiger partial charge < -0.3 is 0 Å². The van der Waals surface area contributed by atoms with Gasteiger partial charge in [0.05, 0.1) is 21.9 Å². The first-order valence-corrected chi connectivity index (χ1v) is 7.67. The number of halogens is 2. The van der Waals surface area contributed by atoms with Crippen molar-refractivity contribution in [2.45, 2.75) is 32.9 Å². The van der Waals surface area contributed by atoms with Crippen molar-refractivity contribution in [1.82, 2.24) is 15.2 Å². The first-order chi connectivity index (χ1) is 9.58. The van der Waals surface area contributed by atoms with Crippen LogP contribution < -0.4 is 11.3 Å². The van der Waals surface area contributed by atoms with E-state index in [2.05, 4.69) is 33.4 Å². The van der Waals surface area contributed by atoms with Crippen LogP contribution >= 0.6 is 27.5 Å². The van der Waals surface area contributed by atoms with Gasteiger partial charge in [-0.05, 0) is 41.4 Å². The van der Waals surface area contributed by atoms with Gasteiger partial charge in [0.25, 0.3) is 0 Å². The van der Waals surface area contributed by atoms with Gasteiger partial charge >= 0.3 is 0 Å². The average molecular weight is 358 g/mol. The number of hydrogen-bond donors (Lipinski definition) is 2. The molecule has 1 atom stereocenters. The fraction of sp³-hybridized carbons (Fsp3) is 0.357. The molecule has 0 spiro atoms. The molecular weight excluding hydrogens is 340 g/mol. The maximum atomic E-state index is 6.25. The zero-order valence-corrected chi connectivity index (χ0v) is 13.9. The van der Waals surface area contributed by atoms with E-state index in [4.69, 9.17) is 17.4 Å². The maximum absolute atomic E-state index is 6.25. The largest absolute Gasteiger partial charge is 0.271 e. The number of hydrogen-bond acceptors (Lipinski definition) is 3. The van der Waals surface area contributed by atoms with Gasteiger partial charge in [0.1, 0.15) is 0 Å². The highest BCUT2D eigenvalue weighted by atomic mass is 79.9. The third kappa shape index (κ3) is 3.06. The van der Waals surface area contributed by atoms with Crippen molar-refractivity contribution < 1.29 is 0 Å². The van der Waals surface area contributed by atoms with Gasteiger partial charge in [0.2, 0.25) is 0 Å². The molecule has 3 N–H and O–H groups in total. The summed E-state index contributed by atoms with van der Waals surface area (Å²) in [5, 5.41) is 5.21. The highest BCUT2D eigenvalue weighted by molar-refractivity contribution is 9.10. The van der Waals surface area contributed by atoms with E-state index in [1.807, 2.05) is 35.9 Å². The normalized spacial score (nSPS) is 12.7. The summed E-state index contributed by atoms with van der Waals surface area (Å²) in [7, 11) is 0. The van der Waals surface area contributed by atoms with Gasteiger partial charge in [0, 0.05) is 18.0 Å². The number of nitrogens with two attached hydrogens (primary N) is 1. The molecule has 0 fully saturated rings. The number of hydrazine groups is 1. The molecule has 0 radical (unpaired) electrons. The van der Waals surface area contributed by atoms with Crippen molar-refractivity contribution in [3.05, 3.63) is 50.7 Å². The van der Waals surface area contributed by atoms with E-state index in [9.17, 15) is 0 Å². The summed E-state index contributed by atoms with van der Waals surface area (Å²) in [5.74, 6) is 5.72. The summed E-state index contributed by atoms with van der Waals surface area (Å²) in [6, 6.07) is 7.68. The predicted molar refractivity (Wildman–Crippen MR) is 85.6 cm³/mol. The third-order valence-electron chi connectivity index (χ3n) is 3.33. The van der Waals surface area contributed by atoms with E-state index >= 15 is 0 Å². The molecule has 6 heteroatoms. The lowest BCUT2D eigenvalue weighted by atomic mass is 10.0. The molecule has 20 heavy (non-hydrogen) atoms. The van der Waals surface area contributed by atoms with Crippen LogP contribution in [0, 0.1) is 6.92 Å². The fourth-order valence-electron chi connectivity index (χ4n) is 2.27. The highest BCUT2D eigenvalue weighted by Gasteiger charge is 2.19. The molecule has 108 valence electrons. The van der Waals surface area contributed by atoms with Crippen LogP contribution in [-0.4, -0.2) is 9.78 Å². The predicted octanol–water partition coefficient (Wildman–Crippen LogP) is 3.37. The van der Waals surface area contributed by atoms with Crippen molar-refractivity contribution in [1.29, 1.82) is 0 Å². The lowest BCUT2D eigenvalue weighted by Crippen LogP contribution is -2.30. The van der Waals surface area contributed by atoms with Gasteiger partial charge in [-0.15, -0.1) is 0 Å². The lowest BCUT2D eigenvalue weighted by molar-refractivity contribution is 0.516. The second-order valence-electron chi connectivity index (χ2n) is 4.61. The number of rotatable bonds is 5. The fourth-order valence-corrected chi connectivity index (χ4v) is 2.99. The summed E-state index contributed by atoms with van der Waals surface area (Å²) in [5.41, 5.74) is 5.94. The van der Waals surface area contributed by atoms with Crippen LogP contribution in [0.15, 0.2) is 28.7 Å². The van der Waals surface area contributed by atoms with Crippen molar-refractivity contribution in [2.24, 2.45) is 5.84 Å². The van der Waals surface area contributed by atoms with E-state index < -0.39 is 0 Å². The molecule has 0 amide bonds. The zero-order valence-electron chi connectivity index (χ0n) is 11.5. The number of aryl methyl sites for hydroxylation is 2. The quantitative estimate of drug-likeness (QED) is 0.637. The zero-order chi connectivity index (χ0) is 14.7. The first-order valence-electron chi connectivity index (χ1n) is 6.50. The molecule has 2 aromatic rings. The molecule has 1 aromatic carbocycles. The molecule has 0 aliphatic heterocycles. The van der Waals surface area contributed by atoms with Crippen LogP contribution in [-0.2, 0) is 13.0 Å². The molecule has 0 aliphatic carbocycles. The smallest absolute Gasteiger partial charge is 0.0738 e. The summed E-state index contributed by atoms with van der Waals surface area (Å²) >= 11 is 9.86. The molecule has 2 rings (SSSR count). The Labute approximate surface area is 132 Å².